The number of halogens is 3. The molecular weight excluding hydrogens is 355 g/mol. The quantitative estimate of drug-likeness (QED) is 0.785. The molecule has 1 N–H and O–H groups in total. The Hall–Kier alpha value is -2.35. The molecule has 0 aliphatic rings. The highest BCUT2D eigenvalue weighted by Crippen LogP contribution is 2.35. The van der Waals surface area contributed by atoms with Gasteiger partial charge in [0, 0.05) is 4.88 Å². The Kier molecular flexibility index (Phi) is 5.52. The molecule has 2 aromatic rings. The van der Waals surface area contributed by atoms with Gasteiger partial charge in [-0.05, 0) is 38.5 Å². The standard InChI is InChI=1S/C17H16F3NO3S/c1-4-24-16(23)13-9(2)10(3)25-15(13)21-14(22)11-7-5-6-8-12(11)17(18,19)20/h5-8H,4H2,1-3H3,(H,21,22). The molecule has 0 bridgehead atoms. The van der Waals surface area contributed by atoms with E-state index < -0.39 is 29.2 Å². The number of thiophene rings is 1. The maximum Gasteiger partial charge on any atom is 0.417 e. The van der Waals surface area contributed by atoms with Gasteiger partial charge in [0.2, 0.25) is 0 Å². The summed E-state index contributed by atoms with van der Waals surface area (Å²) in [6, 6.07) is 4.49. The average molecular weight is 371 g/mol. The van der Waals surface area contributed by atoms with Crippen LogP contribution in [-0.4, -0.2) is 18.5 Å². The van der Waals surface area contributed by atoms with Crippen molar-refractivity contribution in [3.63, 3.8) is 0 Å². The van der Waals surface area contributed by atoms with E-state index in [1.54, 1.807) is 20.8 Å². The first-order valence-corrected chi connectivity index (χ1v) is 8.23. The minimum atomic E-state index is -4.65. The number of carbonyl (C=O) groups is 2. The molecule has 25 heavy (non-hydrogen) atoms. The Morgan fingerprint density at radius 2 is 1.84 bits per heavy atom. The lowest BCUT2D eigenvalue weighted by Crippen LogP contribution is -2.19. The van der Waals surface area contributed by atoms with Gasteiger partial charge >= 0.3 is 12.1 Å². The summed E-state index contributed by atoms with van der Waals surface area (Å²) < 4.78 is 44.2. The Labute approximate surface area is 146 Å². The van der Waals surface area contributed by atoms with E-state index in [4.69, 9.17) is 4.74 Å². The van der Waals surface area contributed by atoms with Gasteiger partial charge in [-0.25, -0.2) is 4.79 Å². The molecule has 2 rings (SSSR count). The van der Waals surface area contributed by atoms with Crippen LogP contribution in [0.25, 0.3) is 0 Å². The van der Waals surface area contributed by atoms with Crippen LogP contribution in [0.1, 0.15) is 43.6 Å². The lowest BCUT2D eigenvalue weighted by Gasteiger charge is -2.12. The number of aryl methyl sites for hydroxylation is 1. The number of anilines is 1. The van der Waals surface area contributed by atoms with Crippen molar-refractivity contribution in [3.05, 3.63) is 51.4 Å². The third-order valence-corrected chi connectivity index (χ3v) is 4.69. The Bertz CT molecular complexity index is 812. The SMILES string of the molecule is CCOC(=O)c1c(NC(=O)c2ccccc2C(F)(F)F)sc(C)c1C. The molecule has 0 atom stereocenters. The highest BCUT2D eigenvalue weighted by atomic mass is 32.1. The van der Waals surface area contributed by atoms with Gasteiger partial charge in [-0.2, -0.15) is 13.2 Å². The number of benzene rings is 1. The van der Waals surface area contributed by atoms with Crippen LogP contribution in [0.15, 0.2) is 24.3 Å². The molecule has 0 aliphatic heterocycles. The molecule has 0 aliphatic carbocycles. The molecule has 0 spiro atoms. The molecule has 0 saturated carbocycles. The lowest BCUT2D eigenvalue weighted by molar-refractivity contribution is -0.137. The molecule has 0 fully saturated rings. The second-order valence-electron chi connectivity index (χ2n) is 5.21. The summed E-state index contributed by atoms with van der Waals surface area (Å²) in [7, 11) is 0. The molecule has 134 valence electrons. The van der Waals surface area contributed by atoms with Crippen LogP contribution in [0.2, 0.25) is 0 Å². The average Bonchev–Trinajstić information content (AvgIpc) is 2.81. The van der Waals surface area contributed by atoms with Crippen LogP contribution in [-0.2, 0) is 10.9 Å². The van der Waals surface area contributed by atoms with E-state index in [0.717, 1.165) is 28.3 Å². The maximum atomic E-state index is 13.1. The number of carbonyl (C=O) groups excluding carboxylic acids is 2. The molecule has 1 amide bonds. The number of ether oxygens (including phenoxy) is 1. The lowest BCUT2D eigenvalue weighted by atomic mass is 10.1. The number of esters is 1. The van der Waals surface area contributed by atoms with Gasteiger partial charge in [-0.1, -0.05) is 12.1 Å². The van der Waals surface area contributed by atoms with Crippen molar-refractivity contribution in [2.75, 3.05) is 11.9 Å². The zero-order chi connectivity index (χ0) is 18.8. The minimum absolute atomic E-state index is 0.150. The molecule has 0 radical (unpaired) electrons. The van der Waals surface area contributed by atoms with Crippen molar-refractivity contribution >= 4 is 28.2 Å². The molecule has 1 heterocycles. The van der Waals surface area contributed by atoms with Crippen LogP contribution >= 0.6 is 11.3 Å². The summed E-state index contributed by atoms with van der Waals surface area (Å²) in [5, 5.41) is 2.60. The maximum absolute atomic E-state index is 13.1. The van der Waals surface area contributed by atoms with E-state index in [2.05, 4.69) is 5.32 Å². The van der Waals surface area contributed by atoms with E-state index in [9.17, 15) is 22.8 Å². The number of rotatable bonds is 4. The van der Waals surface area contributed by atoms with Gasteiger partial charge in [0.05, 0.1) is 23.3 Å². The van der Waals surface area contributed by atoms with Crippen molar-refractivity contribution in [2.24, 2.45) is 0 Å². The normalized spacial score (nSPS) is 11.3. The number of amides is 1. The van der Waals surface area contributed by atoms with Crippen LogP contribution in [0.4, 0.5) is 18.2 Å². The van der Waals surface area contributed by atoms with Crippen molar-refractivity contribution in [1.29, 1.82) is 0 Å². The highest BCUT2D eigenvalue weighted by molar-refractivity contribution is 7.16. The van der Waals surface area contributed by atoms with Gasteiger partial charge in [0.25, 0.3) is 5.91 Å². The fourth-order valence-electron chi connectivity index (χ4n) is 2.26. The molecule has 8 heteroatoms. The second-order valence-corrected chi connectivity index (χ2v) is 6.43. The van der Waals surface area contributed by atoms with Gasteiger partial charge in [0.1, 0.15) is 5.00 Å². The monoisotopic (exact) mass is 371 g/mol. The molecule has 1 aromatic heterocycles. The van der Waals surface area contributed by atoms with Crippen molar-refractivity contribution in [1.82, 2.24) is 0 Å². The molecular formula is C17H16F3NO3S. The summed E-state index contributed by atoms with van der Waals surface area (Å²) >= 11 is 1.12. The molecule has 1 aromatic carbocycles. The summed E-state index contributed by atoms with van der Waals surface area (Å²) in [5.74, 6) is -1.55. The van der Waals surface area contributed by atoms with Gasteiger partial charge in [0.15, 0.2) is 0 Å². The summed E-state index contributed by atoms with van der Waals surface area (Å²) in [4.78, 5) is 25.2. The van der Waals surface area contributed by atoms with Crippen LogP contribution in [0.5, 0.6) is 0 Å². The predicted octanol–water partition coefficient (Wildman–Crippen LogP) is 4.81. The van der Waals surface area contributed by atoms with E-state index in [1.807, 2.05) is 0 Å². The summed E-state index contributed by atoms with van der Waals surface area (Å²) in [5.41, 5.74) is -0.742. The number of alkyl halides is 3. The van der Waals surface area contributed by atoms with E-state index in [-0.39, 0.29) is 17.2 Å². The van der Waals surface area contributed by atoms with Crippen molar-refractivity contribution < 1.29 is 27.5 Å². The van der Waals surface area contributed by atoms with Crippen LogP contribution in [0.3, 0.4) is 0 Å². The first kappa shape index (κ1) is 19.0. The Morgan fingerprint density at radius 1 is 1.20 bits per heavy atom. The molecule has 4 nitrogen and oxygen atoms in total. The number of hydrogen-bond acceptors (Lipinski definition) is 4. The van der Waals surface area contributed by atoms with Gasteiger partial charge in [-0.3, -0.25) is 4.79 Å². The topological polar surface area (TPSA) is 55.4 Å². The fraction of sp³-hybridized carbons (Fsp3) is 0.294. The summed E-state index contributed by atoms with van der Waals surface area (Å²) in [6.45, 7) is 5.24. The smallest absolute Gasteiger partial charge is 0.417 e. The largest absolute Gasteiger partial charge is 0.462 e. The fourth-order valence-corrected chi connectivity index (χ4v) is 3.31. The first-order valence-electron chi connectivity index (χ1n) is 7.41. The third-order valence-electron chi connectivity index (χ3n) is 3.57. The third kappa shape index (κ3) is 4.01. The Balaban J connectivity index is 2.40. The summed E-state index contributed by atoms with van der Waals surface area (Å²) in [6.07, 6.45) is -4.65. The minimum Gasteiger partial charge on any atom is -0.462 e. The van der Waals surface area contributed by atoms with E-state index in [0.29, 0.717) is 5.56 Å². The van der Waals surface area contributed by atoms with Gasteiger partial charge < -0.3 is 10.1 Å². The number of nitrogens with one attached hydrogen (secondary N) is 1. The highest BCUT2D eigenvalue weighted by Gasteiger charge is 2.35. The molecule has 0 saturated heterocycles. The Morgan fingerprint density at radius 3 is 2.44 bits per heavy atom. The van der Waals surface area contributed by atoms with Crippen LogP contribution in [0, 0.1) is 13.8 Å². The predicted molar refractivity (Wildman–Crippen MR) is 89.1 cm³/mol. The van der Waals surface area contributed by atoms with Crippen LogP contribution < -0.4 is 5.32 Å². The number of hydrogen-bond donors (Lipinski definition) is 1. The zero-order valence-electron chi connectivity index (χ0n) is 13.8. The second kappa shape index (κ2) is 7.26. The van der Waals surface area contributed by atoms with Gasteiger partial charge in [-0.15, -0.1) is 11.3 Å². The zero-order valence-corrected chi connectivity index (χ0v) is 14.6. The van der Waals surface area contributed by atoms with Crippen molar-refractivity contribution in [3.8, 4) is 0 Å². The van der Waals surface area contributed by atoms with E-state index in [1.165, 1.54) is 12.1 Å². The first-order chi connectivity index (χ1) is 11.7. The van der Waals surface area contributed by atoms with Crippen molar-refractivity contribution in [2.45, 2.75) is 26.9 Å². The molecule has 0 unspecified atom stereocenters. The van der Waals surface area contributed by atoms with E-state index >= 15 is 0 Å².